The Morgan fingerprint density at radius 2 is 2.15 bits per heavy atom. The molecule has 2 unspecified atom stereocenters. The zero-order valence-corrected chi connectivity index (χ0v) is 16.5. The first kappa shape index (κ1) is 18.4. The van der Waals surface area contributed by atoms with E-state index in [1.807, 2.05) is 11.4 Å². The molecule has 1 aliphatic carbocycles. The number of hydrogen-bond acceptors (Lipinski definition) is 6. The van der Waals surface area contributed by atoms with Crippen molar-refractivity contribution in [2.45, 2.75) is 43.7 Å². The number of amides is 4. The van der Waals surface area contributed by atoms with Gasteiger partial charge in [0.25, 0.3) is 5.91 Å². The van der Waals surface area contributed by atoms with Crippen LogP contribution < -0.4 is 10.6 Å². The van der Waals surface area contributed by atoms with Crippen molar-refractivity contribution in [2.75, 3.05) is 18.1 Å². The average molecular weight is 412 g/mol. The lowest BCUT2D eigenvalue weighted by Gasteiger charge is -2.31. The van der Waals surface area contributed by atoms with Crippen molar-refractivity contribution < 1.29 is 22.8 Å². The van der Waals surface area contributed by atoms with Gasteiger partial charge < -0.3 is 10.6 Å². The minimum Gasteiger partial charge on any atom is -0.348 e. The third-order valence-electron chi connectivity index (χ3n) is 5.58. The number of carbonyl (C=O) groups is 3. The quantitative estimate of drug-likeness (QED) is 0.705. The van der Waals surface area contributed by atoms with Crippen molar-refractivity contribution in [1.29, 1.82) is 0 Å². The van der Waals surface area contributed by atoms with Crippen LogP contribution in [0.25, 0.3) is 0 Å². The molecule has 2 aliphatic heterocycles. The minimum absolute atomic E-state index is 0.0248. The molecule has 0 radical (unpaired) electrons. The van der Waals surface area contributed by atoms with Crippen LogP contribution in [0.5, 0.6) is 0 Å². The monoisotopic (exact) mass is 411 g/mol. The number of aryl methyl sites for hydroxylation is 1. The fourth-order valence-electron chi connectivity index (χ4n) is 4.31. The first-order valence-electron chi connectivity index (χ1n) is 8.87. The van der Waals surface area contributed by atoms with Gasteiger partial charge in [0.1, 0.15) is 12.1 Å². The predicted octanol–water partition coefficient (Wildman–Crippen LogP) is 0.525. The third kappa shape index (κ3) is 3.04. The van der Waals surface area contributed by atoms with Crippen LogP contribution in [0.1, 0.15) is 36.6 Å². The molecule has 1 spiro atoms. The number of nitrogens with zero attached hydrogens (tertiary/aromatic N) is 1. The highest BCUT2D eigenvalue weighted by molar-refractivity contribution is 7.91. The van der Waals surface area contributed by atoms with E-state index in [-0.39, 0.29) is 11.5 Å². The number of rotatable bonds is 3. The Hall–Kier alpha value is -1.94. The number of hydrogen-bond donors (Lipinski definition) is 2. The topological polar surface area (TPSA) is 113 Å². The molecule has 3 aliphatic rings. The van der Waals surface area contributed by atoms with Crippen LogP contribution in [0.2, 0.25) is 0 Å². The highest BCUT2D eigenvalue weighted by Crippen LogP contribution is 2.42. The van der Waals surface area contributed by atoms with Crippen LogP contribution in [-0.4, -0.2) is 54.8 Å². The van der Waals surface area contributed by atoms with Gasteiger partial charge in [-0.1, -0.05) is 0 Å². The third-order valence-corrected chi connectivity index (χ3v) is 8.47. The highest BCUT2D eigenvalue weighted by atomic mass is 32.2. The van der Waals surface area contributed by atoms with Crippen LogP contribution in [-0.2, 0) is 31.4 Å². The Balaban J connectivity index is 1.50. The SMILES string of the molecule is CC1(NC(=O)CN2C(=O)NC3(CCCc4sccc43)C2=O)CCS(=O)(=O)C1. The standard InChI is InChI=1S/C17H21N3O5S2/c1-16(6-8-27(24,25)10-16)18-13(21)9-20-14(22)17(19-15(20)23)5-2-3-12-11(17)4-7-26-12/h4,7H,2-3,5-6,8-10H2,1H3,(H,18,21)(H,19,23). The van der Waals surface area contributed by atoms with Gasteiger partial charge in [0.2, 0.25) is 5.91 Å². The van der Waals surface area contributed by atoms with Crippen molar-refractivity contribution >= 4 is 39.0 Å². The van der Waals surface area contributed by atoms with Gasteiger partial charge in [-0.05, 0) is 44.1 Å². The Labute approximate surface area is 161 Å². The molecule has 1 aromatic rings. The van der Waals surface area contributed by atoms with Gasteiger partial charge in [0, 0.05) is 10.4 Å². The zero-order valence-electron chi connectivity index (χ0n) is 14.9. The second-order valence-electron chi connectivity index (χ2n) is 7.79. The number of thiophene rings is 1. The summed E-state index contributed by atoms with van der Waals surface area (Å²) in [4.78, 5) is 40.0. The van der Waals surface area contributed by atoms with Crippen LogP contribution in [0.4, 0.5) is 4.79 Å². The van der Waals surface area contributed by atoms with Gasteiger partial charge in [0.05, 0.1) is 17.0 Å². The molecule has 2 N–H and O–H groups in total. The summed E-state index contributed by atoms with van der Waals surface area (Å²) in [5.41, 5.74) is -1.11. The number of carbonyl (C=O) groups excluding carboxylic acids is 3. The van der Waals surface area contributed by atoms with Crippen LogP contribution in [0.3, 0.4) is 0 Å². The molecule has 0 aromatic carbocycles. The van der Waals surface area contributed by atoms with E-state index in [2.05, 4.69) is 10.6 Å². The molecule has 2 fully saturated rings. The maximum Gasteiger partial charge on any atom is 0.325 e. The van der Waals surface area contributed by atoms with Crippen LogP contribution >= 0.6 is 11.3 Å². The molecule has 0 bridgehead atoms. The van der Waals surface area contributed by atoms with Crippen molar-refractivity contribution in [3.8, 4) is 0 Å². The van der Waals surface area contributed by atoms with E-state index >= 15 is 0 Å². The minimum atomic E-state index is -3.17. The van der Waals surface area contributed by atoms with Crippen LogP contribution in [0.15, 0.2) is 11.4 Å². The molecule has 27 heavy (non-hydrogen) atoms. The second-order valence-corrected chi connectivity index (χ2v) is 11.0. The van der Waals surface area contributed by atoms with Gasteiger partial charge >= 0.3 is 6.03 Å². The fraction of sp³-hybridized carbons (Fsp3) is 0.588. The highest BCUT2D eigenvalue weighted by Gasteiger charge is 2.54. The molecule has 4 rings (SSSR count). The molecule has 8 nitrogen and oxygen atoms in total. The second kappa shape index (κ2) is 6.03. The maximum absolute atomic E-state index is 13.1. The van der Waals surface area contributed by atoms with E-state index in [1.54, 1.807) is 18.3 Å². The van der Waals surface area contributed by atoms with Gasteiger partial charge in [-0.3, -0.25) is 14.5 Å². The molecule has 1 aromatic heterocycles. The Morgan fingerprint density at radius 3 is 2.85 bits per heavy atom. The van der Waals surface area contributed by atoms with E-state index in [9.17, 15) is 22.8 Å². The van der Waals surface area contributed by atoms with Gasteiger partial charge in [0.15, 0.2) is 9.84 Å². The maximum atomic E-state index is 13.1. The summed E-state index contributed by atoms with van der Waals surface area (Å²) in [6, 6.07) is 1.28. The number of sulfone groups is 1. The first-order chi connectivity index (χ1) is 12.6. The first-order valence-corrected chi connectivity index (χ1v) is 11.6. The van der Waals surface area contributed by atoms with Gasteiger partial charge in [-0.15, -0.1) is 11.3 Å². The Morgan fingerprint density at radius 1 is 1.37 bits per heavy atom. The molecule has 2 saturated heterocycles. The summed E-state index contributed by atoms with van der Waals surface area (Å²) in [7, 11) is -3.17. The molecular formula is C17H21N3O5S2. The lowest BCUT2D eigenvalue weighted by molar-refractivity contribution is -0.136. The Bertz CT molecular complexity index is 940. The molecule has 2 atom stereocenters. The van der Waals surface area contributed by atoms with E-state index in [0.717, 1.165) is 28.2 Å². The summed E-state index contributed by atoms with van der Waals surface area (Å²) in [6.07, 6.45) is 2.50. The van der Waals surface area contributed by atoms with E-state index in [1.165, 1.54) is 0 Å². The average Bonchev–Trinajstić information content (AvgIpc) is 3.21. The van der Waals surface area contributed by atoms with Crippen molar-refractivity contribution in [1.82, 2.24) is 15.5 Å². The van der Waals surface area contributed by atoms with Crippen molar-refractivity contribution in [2.24, 2.45) is 0 Å². The smallest absolute Gasteiger partial charge is 0.325 e. The lowest BCUT2D eigenvalue weighted by atomic mass is 9.80. The van der Waals surface area contributed by atoms with Crippen molar-refractivity contribution in [3.05, 3.63) is 21.9 Å². The summed E-state index contributed by atoms with van der Waals surface area (Å²) in [6.45, 7) is 1.25. The van der Waals surface area contributed by atoms with E-state index < -0.39 is 45.3 Å². The van der Waals surface area contributed by atoms with E-state index in [0.29, 0.717) is 12.8 Å². The lowest BCUT2D eigenvalue weighted by Crippen LogP contribution is -2.51. The predicted molar refractivity (Wildman–Crippen MR) is 99.0 cm³/mol. The number of urea groups is 1. The number of fused-ring (bicyclic) bond motifs is 2. The molecule has 4 amide bonds. The van der Waals surface area contributed by atoms with Crippen LogP contribution in [0, 0.1) is 0 Å². The fourth-order valence-corrected chi connectivity index (χ4v) is 7.41. The summed E-state index contributed by atoms with van der Waals surface area (Å²) < 4.78 is 23.4. The largest absolute Gasteiger partial charge is 0.348 e. The number of nitrogens with one attached hydrogen (secondary N) is 2. The molecule has 10 heteroatoms. The molecule has 146 valence electrons. The zero-order chi connectivity index (χ0) is 19.4. The van der Waals surface area contributed by atoms with Gasteiger partial charge in [-0.2, -0.15) is 0 Å². The summed E-state index contributed by atoms with van der Waals surface area (Å²) >= 11 is 1.57. The van der Waals surface area contributed by atoms with Gasteiger partial charge in [-0.25, -0.2) is 13.2 Å². The van der Waals surface area contributed by atoms with Crippen molar-refractivity contribution in [3.63, 3.8) is 0 Å². The summed E-state index contributed by atoms with van der Waals surface area (Å²) in [5, 5.41) is 7.41. The normalized spacial score (nSPS) is 31.8. The summed E-state index contributed by atoms with van der Waals surface area (Å²) in [5.74, 6) is -1.05. The molecule has 0 saturated carbocycles. The molecule has 3 heterocycles. The Kier molecular flexibility index (Phi) is 4.12. The molecular weight excluding hydrogens is 390 g/mol. The number of imide groups is 1. The van der Waals surface area contributed by atoms with E-state index in [4.69, 9.17) is 0 Å².